The summed E-state index contributed by atoms with van der Waals surface area (Å²) in [6.07, 6.45) is 1.37. The van der Waals surface area contributed by atoms with Crippen LogP contribution in [-0.2, 0) is 9.47 Å². The first-order valence-electron chi connectivity index (χ1n) is 8.37. The number of carbonyl (C=O) groups excluding carboxylic acids is 3. The van der Waals surface area contributed by atoms with Crippen molar-refractivity contribution in [3.63, 3.8) is 0 Å². The van der Waals surface area contributed by atoms with Gasteiger partial charge < -0.3 is 20.1 Å². The van der Waals surface area contributed by atoms with Crippen LogP contribution >= 0.6 is 0 Å². The van der Waals surface area contributed by atoms with E-state index in [0.717, 1.165) is 0 Å². The molecule has 0 aliphatic heterocycles. The lowest BCUT2D eigenvalue weighted by atomic mass is 10.1. The molecule has 0 aliphatic rings. The number of carbonyl (C=O) groups is 3. The minimum Gasteiger partial charge on any atom is -0.462 e. The molecule has 1 aromatic heterocycles. The maximum absolute atomic E-state index is 12.5. The first kappa shape index (κ1) is 20.1. The summed E-state index contributed by atoms with van der Waals surface area (Å²) in [7, 11) is 1.53. The lowest BCUT2D eigenvalue weighted by Crippen LogP contribution is -2.28. The Hall–Kier alpha value is -3.26. The van der Waals surface area contributed by atoms with E-state index in [-0.39, 0.29) is 23.4 Å². The number of ether oxygens (including phenoxy) is 2. The van der Waals surface area contributed by atoms with Gasteiger partial charge in [-0.1, -0.05) is 12.1 Å². The fraction of sp³-hybridized carbons (Fsp3) is 0.263. The number of nitrogens with one attached hydrogen (secondary N) is 2. The van der Waals surface area contributed by atoms with E-state index in [1.165, 1.54) is 25.4 Å². The van der Waals surface area contributed by atoms with Crippen molar-refractivity contribution < 1.29 is 23.9 Å². The average molecular weight is 371 g/mol. The molecule has 0 fully saturated rings. The van der Waals surface area contributed by atoms with Gasteiger partial charge in [-0.2, -0.15) is 0 Å². The zero-order chi connectivity index (χ0) is 19.6. The molecule has 2 amide bonds. The zero-order valence-corrected chi connectivity index (χ0v) is 15.2. The lowest BCUT2D eigenvalue weighted by molar-refractivity contribution is 0.0527. The third-order valence-electron chi connectivity index (χ3n) is 3.52. The average Bonchev–Trinajstić information content (AvgIpc) is 2.68. The Balaban J connectivity index is 2.14. The second-order valence-corrected chi connectivity index (χ2v) is 5.40. The Morgan fingerprint density at radius 1 is 1.11 bits per heavy atom. The number of aromatic nitrogens is 1. The van der Waals surface area contributed by atoms with Gasteiger partial charge in [-0.05, 0) is 31.2 Å². The van der Waals surface area contributed by atoms with Gasteiger partial charge in [-0.15, -0.1) is 0 Å². The first-order chi connectivity index (χ1) is 13.1. The maximum atomic E-state index is 12.5. The molecule has 27 heavy (non-hydrogen) atoms. The van der Waals surface area contributed by atoms with Gasteiger partial charge in [0.1, 0.15) is 5.69 Å². The van der Waals surface area contributed by atoms with Gasteiger partial charge in [0.25, 0.3) is 11.8 Å². The number of esters is 1. The van der Waals surface area contributed by atoms with Crippen molar-refractivity contribution in [2.45, 2.75) is 6.92 Å². The second-order valence-electron chi connectivity index (χ2n) is 5.40. The summed E-state index contributed by atoms with van der Waals surface area (Å²) < 4.78 is 9.86. The van der Waals surface area contributed by atoms with Gasteiger partial charge in [-0.3, -0.25) is 14.6 Å². The largest absolute Gasteiger partial charge is 0.462 e. The summed E-state index contributed by atoms with van der Waals surface area (Å²) in [5, 5.41) is 5.30. The number of anilines is 1. The predicted octanol–water partition coefficient (Wildman–Crippen LogP) is 1.89. The number of amides is 2. The number of nitrogens with zero attached hydrogens (tertiary/aromatic N) is 1. The van der Waals surface area contributed by atoms with Crippen LogP contribution in [0, 0.1) is 0 Å². The monoisotopic (exact) mass is 371 g/mol. The minimum atomic E-state index is -0.527. The quantitative estimate of drug-likeness (QED) is 0.542. The van der Waals surface area contributed by atoms with E-state index in [0.29, 0.717) is 18.8 Å². The summed E-state index contributed by atoms with van der Waals surface area (Å²) in [5.74, 6) is -1.41. The third-order valence-corrected chi connectivity index (χ3v) is 3.52. The molecular formula is C19H21N3O5. The van der Waals surface area contributed by atoms with E-state index < -0.39 is 17.8 Å². The number of methoxy groups -OCH3 is 1. The highest BCUT2D eigenvalue weighted by atomic mass is 16.5. The second kappa shape index (κ2) is 10.0. The molecule has 142 valence electrons. The normalized spacial score (nSPS) is 10.1. The van der Waals surface area contributed by atoms with E-state index in [4.69, 9.17) is 9.47 Å². The highest BCUT2D eigenvalue weighted by Gasteiger charge is 2.16. The Morgan fingerprint density at radius 2 is 1.89 bits per heavy atom. The summed E-state index contributed by atoms with van der Waals surface area (Å²) >= 11 is 0. The van der Waals surface area contributed by atoms with E-state index in [1.807, 2.05) is 0 Å². The van der Waals surface area contributed by atoms with Gasteiger partial charge in [-0.25, -0.2) is 4.79 Å². The van der Waals surface area contributed by atoms with E-state index in [1.54, 1.807) is 31.2 Å². The summed E-state index contributed by atoms with van der Waals surface area (Å²) in [5.41, 5.74) is 0.918. The Morgan fingerprint density at radius 3 is 2.63 bits per heavy atom. The smallest absolute Gasteiger partial charge is 0.340 e. The fourth-order valence-electron chi connectivity index (χ4n) is 2.23. The Kier molecular flexibility index (Phi) is 7.45. The molecule has 8 nitrogen and oxygen atoms in total. The number of pyridine rings is 1. The van der Waals surface area contributed by atoms with Crippen molar-refractivity contribution in [2.24, 2.45) is 0 Å². The van der Waals surface area contributed by atoms with Crippen LogP contribution in [-0.4, -0.2) is 49.6 Å². The van der Waals surface area contributed by atoms with Crippen LogP contribution in [0.4, 0.5) is 5.69 Å². The van der Waals surface area contributed by atoms with Crippen LogP contribution in [0.25, 0.3) is 0 Å². The SMILES string of the molecule is CCOC(=O)c1ccccc1NC(=O)c1ccnc(C(=O)NCCOC)c1. The van der Waals surface area contributed by atoms with Crippen molar-refractivity contribution in [2.75, 3.05) is 32.2 Å². The van der Waals surface area contributed by atoms with E-state index in [2.05, 4.69) is 15.6 Å². The topological polar surface area (TPSA) is 107 Å². The third kappa shape index (κ3) is 5.61. The van der Waals surface area contributed by atoms with Crippen LogP contribution in [0.2, 0.25) is 0 Å². The summed E-state index contributed by atoms with van der Waals surface area (Å²) in [6.45, 7) is 2.64. The predicted molar refractivity (Wildman–Crippen MR) is 98.8 cm³/mol. The van der Waals surface area contributed by atoms with Gasteiger partial charge in [0.15, 0.2) is 0 Å². The van der Waals surface area contributed by atoms with Crippen LogP contribution in [0.5, 0.6) is 0 Å². The number of benzene rings is 1. The molecule has 0 spiro atoms. The molecule has 0 saturated carbocycles. The molecule has 0 bridgehead atoms. The highest BCUT2D eigenvalue weighted by Crippen LogP contribution is 2.17. The van der Waals surface area contributed by atoms with Crippen LogP contribution < -0.4 is 10.6 Å². The van der Waals surface area contributed by atoms with Crippen LogP contribution in [0.3, 0.4) is 0 Å². The standard InChI is InChI=1S/C19H21N3O5/c1-3-27-19(25)14-6-4-5-7-15(14)22-17(23)13-8-9-20-16(12-13)18(24)21-10-11-26-2/h4-9,12H,3,10-11H2,1-2H3,(H,21,24)(H,22,23). The van der Waals surface area contributed by atoms with Crippen molar-refractivity contribution in [3.8, 4) is 0 Å². The maximum Gasteiger partial charge on any atom is 0.340 e. The number of hydrogen-bond donors (Lipinski definition) is 2. The molecule has 8 heteroatoms. The Labute approximate surface area is 156 Å². The molecule has 0 unspecified atom stereocenters. The van der Waals surface area contributed by atoms with Gasteiger partial charge in [0.2, 0.25) is 0 Å². The fourth-order valence-corrected chi connectivity index (χ4v) is 2.23. The Bertz CT molecular complexity index is 822. The molecule has 1 heterocycles. The van der Waals surface area contributed by atoms with E-state index in [9.17, 15) is 14.4 Å². The highest BCUT2D eigenvalue weighted by molar-refractivity contribution is 6.08. The van der Waals surface area contributed by atoms with Crippen molar-refractivity contribution in [1.82, 2.24) is 10.3 Å². The molecule has 1 aromatic carbocycles. The molecule has 0 saturated heterocycles. The summed E-state index contributed by atoms with van der Waals surface area (Å²) in [4.78, 5) is 40.6. The van der Waals surface area contributed by atoms with Crippen LogP contribution in [0.15, 0.2) is 42.6 Å². The summed E-state index contributed by atoms with van der Waals surface area (Å²) in [6, 6.07) is 9.40. The number of hydrogen-bond acceptors (Lipinski definition) is 6. The molecule has 0 aliphatic carbocycles. The first-order valence-corrected chi connectivity index (χ1v) is 8.37. The molecular weight excluding hydrogens is 350 g/mol. The lowest BCUT2D eigenvalue weighted by Gasteiger charge is -2.11. The van der Waals surface area contributed by atoms with Gasteiger partial charge in [0.05, 0.1) is 24.5 Å². The van der Waals surface area contributed by atoms with Gasteiger partial charge >= 0.3 is 5.97 Å². The van der Waals surface area contributed by atoms with Crippen molar-refractivity contribution in [3.05, 3.63) is 59.4 Å². The van der Waals surface area contributed by atoms with Gasteiger partial charge in [0, 0.05) is 25.4 Å². The molecule has 0 atom stereocenters. The minimum absolute atomic E-state index is 0.109. The zero-order valence-electron chi connectivity index (χ0n) is 15.2. The molecule has 0 radical (unpaired) electrons. The number of para-hydroxylation sites is 1. The van der Waals surface area contributed by atoms with E-state index >= 15 is 0 Å². The number of rotatable bonds is 8. The molecule has 2 N–H and O–H groups in total. The van der Waals surface area contributed by atoms with Crippen molar-refractivity contribution >= 4 is 23.5 Å². The molecule has 2 aromatic rings. The molecule has 2 rings (SSSR count). The van der Waals surface area contributed by atoms with Crippen LogP contribution in [0.1, 0.15) is 38.1 Å². The van der Waals surface area contributed by atoms with Crippen molar-refractivity contribution in [1.29, 1.82) is 0 Å².